The molecule has 138 valence electrons. The Labute approximate surface area is 157 Å². The Morgan fingerprint density at radius 2 is 2.08 bits per heavy atom. The largest absolute Gasteiger partial charge is 0.317 e. The SMILES string of the molecule is CS(=O)(=O)N1CCC([NH2+]/C=C(\C=N)c2cnc3ccc(Cl)nc3c2)CC1. The number of quaternary nitrogens is 1. The van der Waals surface area contributed by atoms with E-state index in [1.165, 1.54) is 16.8 Å². The predicted molar refractivity (Wildman–Crippen MR) is 103 cm³/mol. The van der Waals surface area contributed by atoms with Crippen LogP contribution in [0.15, 0.2) is 30.6 Å². The van der Waals surface area contributed by atoms with E-state index < -0.39 is 10.0 Å². The number of rotatable bonds is 5. The van der Waals surface area contributed by atoms with E-state index in [1.807, 2.05) is 18.3 Å². The van der Waals surface area contributed by atoms with Crippen LogP contribution < -0.4 is 5.32 Å². The van der Waals surface area contributed by atoms with Crippen molar-refractivity contribution in [3.63, 3.8) is 0 Å². The molecule has 0 atom stereocenters. The first-order valence-corrected chi connectivity index (χ1v) is 10.5. The molecular formula is C17H21ClN5O2S+. The molecule has 0 bridgehead atoms. The lowest BCUT2D eigenvalue weighted by molar-refractivity contribution is -0.628. The number of piperidine rings is 1. The van der Waals surface area contributed by atoms with E-state index >= 15 is 0 Å². The summed E-state index contributed by atoms with van der Waals surface area (Å²) in [6, 6.07) is 5.67. The molecular weight excluding hydrogens is 374 g/mol. The molecule has 1 aliphatic rings. The molecule has 0 spiro atoms. The number of aromatic nitrogens is 2. The maximum atomic E-state index is 11.6. The Morgan fingerprint density at radius 1 is 1.35 bits per heavy atom. The van der Waals surface area contributed by atoms with Crippen molar-refractivity contribution in [3.8, 4) is 0 Å². The molecule has 2 aromatic heterocycles. The molecule has 0 aliphatic carbocycles. The van der Waals surface area contributed by atoms with E-state index in [9.17, 15) is 8.42 Å². The van der Waals surface area contributed by atoms with Crippen molar-refractivity contribution in [2.45, 2.75) is 18.9 Å². The van der Waals surface area contributed by atoms with Gasteiger partial charge in [-0.15, -0.1) is 0 Å². The number of nitrogens with two attached hydrogens (primary N) is 1. The van der Waals surface area contributed by atoms with Crippen LogP contribution in [0.2, 0.25) is 5.15 Å². The summed E-state index contributed by atoms with van der Waals surface area (Å²) in [6.07, 6.45) is 7.71. The normalized spacial score (nSPS) is 17.5. The molecule has 0 unspecified atom stereocenters. The molecule has 0 radical (unpaired) electrons. The zero-order chi connectivity index (χ0) is 18.7. The standard InChI is InChI=1S/C17H20ClN5O2S/c1-26(24,25)23-6-4-14(5-7-23)20-11-13(9-19)12-8-16-15(21-10-12)2-3-17(18)22-16/h2-3,8-11,14,19-20H,4-7H2,1H3/p+1/b13-11+,19-9?. The van der Waals surface area contributed by atoms with E-state index in [2.05, 4.69) is 15.3 Å². The topological polar surface area (TPSA) is 104 Å². The van der Waals surface area contributed by atoms with Crippen LogP contribution in [-0.2, 0) is 10.0 Å². The molecule has 0 amide bonds. The van der Waals surface area contributed by atoms with Crippen molar-refractivity contribution >= 4 is 44.4 Å². The number of hydrogen-bond acceptors (Lipinski definition) is 5. The van der Waals surface area contributed by atoms with E-state index in [1.54, 1.807) is 12.3 Å². The van der Waals surface area contributed by atoms with Gasteiger partial charge in [0, 0.05) is 43.9 Å². The Kier molecular flexibility index (Phi) is 5.67. The number of nitrogens with zero attached hydrogens (tertiary/aromatic N) is 3. The third-order valence-corrected chi connectivity index (χ3v) is 6.02. The molecule has 3 N–H and O–H groups in total. The minimum atomic E-state index is -3.11. The van der Waals surface area contributed by atoms with Crippen LogP contribution in [0.1, 0.15) is 18.4 Å². The molecule has 1 fully saturated rings. The lowest BCUT2D eigenvalue weighted by atomic mass is 10.1. The minimum Gasteiger partial charge on any atom is -0.317 e. The molecule has 1 aliphatic heterocycles. The molecule has 0 saturated carbocycles. The van der Waals surface area contributed by atoms with Gasteiger partial charge < -0.3 is 10.7 Å². The fourth-order valence-electron chi connectivity index (χ4n) is 3.01. The second kappa shape index (κ2) is 7.79. The summed E-state index contributed by atoms with van der Waals surface area (Å²) >= 11 is 5.94. The average molecular weight is 395 g/mol. The zero-order valence-corrected chi connectivity index (χ0v) is 16.0. The molecule has 3 rings (SSSR count). The van der Waals surface area contributed by atoms with E-state index in [0.717, 1.165) is 29.5 Å². The number of pyridine rings is 2. The fraction of sp³-hybridized carbons (Fsp3) is 0.353. The van der Waals surface area contributed by atoms with Gasteiger partial charge in [0.15, 0.2) is 0 Å². The van der Waals surface area contributed by atoms with Gasteiger partial charge >= 0.3 is 0 Å². The fourth-order valence-corrected chi connectivity index (χ4v) is 4.04. The monoisotopic (exact) mass is 394 g/mol. The number of nitrogens with one attached hydrogen (secondary N) is 1. The van der Waals surface area contributed by atoms with Crippen molar-refractivity contribution < 1.29 is 13.7 Å². The highest BCUT2D eigenvalue weighted by Gasteiger charge is 2.26. The van der Waals surface area contributed by atoms with Crippen LogP contribution in [0.4, 0.5) is 0 Å². The van der Waals surface area contributed by atoms with Gasteiger partial charge in [0.25, 0.3) is 0 Å². The quantitative estimate of drug-likeness (QED) is 0.588. The smallest absolute Gasteiger partial charge is 0.211 e. The number of allylic oxidation sites excluding steroid dienone is 1. The number of fused-ring (bicyclic) bond motifs is 1. The highest BCUT2D eigenvalue weighted by atomic mass is 35.5. The van der Waals surface area contributed by atoms with Crippen molar-refractivity contribution in [3.05, 3.63) is 41.3 Å². The van der Waals surface area contributed by atoms with Crippen molar-refractivity contribution in [1.29, 1.82) is 5.41 Å². The lowest BCUT2D eigenvalue weighted by Gasteiger charge is -2.28. The second-order valence-corrected chi connectivity index (χ2v) is 8.72. The van der Waals surface area contributed by atoms with Crippen molar-refractivity contribution in [1.82, 2.24) is 14.3 Å². The van der Waals surface area contributed by atoms with Crippen LogP contribution >= 0.6 is 11.6 Å². The summed E-state index contributed by atoms with van der Waals surface area (Å²) in [5.41, 5.74) is 2.96. The van der Waals surface area contributed by atoms with Crippen molar-refractivity contribution in [2.75, 3.05) is 19.3 Å². The van der Waals surface area contributed by atoms with Crippen LogP contribution in [0.25, 0.3) is 16.6 Å². The van der Waals surface area contributed by atoms with Gasteiger partial charge in [0.2, 0.25) is 10.0 Å². The van der Waals surface area contributed by atoms with Gasteiger partial charge in [-0.1, -0.05) is 11.6 Å². The van der Waals surface area contributed by atoms with Crippen LogP contribution in [0, 0.1) is 5.41 Å². The summed E-state index contributed by atoms with van der Waals surface area (Å²) in [4.78, 5) is 8.63. The summed E-state index contributed by atoms with van der Waals surface area (Å²) in [5.74, 6) is 0. The highest BCUT2D eigenvalue weighted by molar-refractivity contribution is 7.88. The number of halogens is 1. The van der Waals surface area contributed by atoms with Gasteiger partial charge in [-0.2, -0.15) is 0 Å². The number of sulfonamides is 1. The van der Waals surface area contributed by atoms with Crippen LogP contribution in [0.5, 0.6) is 0 Å². The molecule has 3 heterocycles. The summed E-state index contributed by atoms with van der Waals surface area (Å²) in [7, 11) is -3.11. The van der Waals surface area contributed by atoms with Crippen LogP contribution in [0.3, 0.4) is 0 Å². The average Bonchev–Trinajstić information content (AvgIpc) is 2.61. The minimum absolute atomic E-state index is 0.295. The molecule has 26 heavy (non-hydrogen) atoms. The first-order chi connectivity index (χ1) is 12.4. The Morgan fingerprint density at radius 3 is 2.73 bits per heavy atom. The van der Waals surface area contributed by atoms with Gasteiger partial charge in [-0.3, -0.25) is 4.98 Å². The summed E-state index contributed by atoms with van der Waals surface area (Å²) in [6.45, 7) is 1.07. The first kappa shape index (κ1) is 18.9. The second-order valence-electron chi connectivity index (χ2n) is 6.35. The third-order valence-electron chi connectivity index (χ3n) is 4.51. The Balaban J connectivity index is 1.72. The summed E-state index contributed by atoms with van der Waals surface area (Å²) in [5, 5.41) is 10.2. The van der Waals surface area contributed by atoms with Crippen molar-refractivity contribution in [2.24, 2.45) is 0 Å². The molecule has 9 heteroatoms. The molecule has 1 saturated heterocycles. The van der Waals surface area contributed by atoms with Gasteiger partial charge in [0.05, 0.1) is 28.9 Å². The number of hydrogen-bond donors (Lipinski definition) is 2. The highest BCUT2D eigenvalue weighted by Crippen LogP contribution is 2.18. The first-order valence-electron chi connectivity index (χ1n) is 8.30. The van der Waals surface area contributed by atoms with E-state index in [4.69, 9.17) is 17.0 Å². The van der Waals surface area contributed by atoms with Gasteiger partial charge in [0.1, 0.15) is 11.4 Å². The lowest BCUT2D eigenvalue weighted by Crippen LogP contribution is -2.86. The third kappa shape index (κ3) is 4.45. The molecule has 7 nitrogen and oxygen atoms in total. The Hall–Kier alpha value is -1.87. The van der Waals surface area contributed by atoms with Gasteiger partial charge in [-0.25, -0.2) is 17.7 Å². The van der Waals surface area contributed by atoms with E-state index in [-0.39, 0.29) is 0 Å². The van der Waals surface area contributed by atoms with Crippen LogP contribution in [-0.4, -0.2) is 54.3 Å². The summed E-state index contributed by atoms with van der Waals surface area (Å²) < 4.78 is 24.7. The van der Waals surface area contributed by atoms with Gasteiger partial charge in [-0.05, 0) is 18.2 Å². The maximum absolute atomic E-state index is 11.6. The molecule has 2 aromatic rings. The molecule has 0 aromatic carbocycles. The van der Waals surface area contributed by atoms with E-state index in [0.29, 0.717) is 29.8 Å². The Bertz CT molecular complexity index is 953. The maximum Gasteiger partial charge on any atom is 0.211 e. The predicted octanol–water partition coefficient (Wildman–Crippen LogP) is 1.26. The zero-order valence-electron chi connectivity index (χ0n) is 14.4.